The number of carbonyl (C=O) groups excluding carboxylic acids is 1. The van der Waals surface area contributed by atoms with Crippen LogP contribution in [-0.4, -0.2) is 31.3 Å². The third-order valence-corrected chi connectivity index (χ3v) is 3.78. The second-order valence-electron chi connectivity index (χ2n) is 5.63. The highest BCUT2D eigenvalue weighted by Gasteiger charge is 2.07. The Hall–Kier alpha value is -2.69. The fourth-order valence-electron chi connectivity index (χ4n) is 2.24. The van der Waals surface area contributed by atoms with Gasteiger partial charge in [-0.05, 0) is 54.8 Å². The van der Waals surface area contributed by atoms with E-state index in [4.69, 9.17) is 9.47 Å². The van der Waals surface area contributed by atoms with Gasteiger partial charge in [0, 0.05) is 0 Å². The van der Waals surface area contributed by atoms with Crippen LogP contribution in [0, 0.1) is 13.8 Å². The zero-order chi connectivity index (χ0) is 17.5. The van der Waals surface area contributed by atoms with Crippen molar-refractivity contribution < 1.29 is 19.4 Å². The number of phenolic OH excluding ortho intramolecular Hbond substituents is 1. The maximum atomic E-state index is 11.9. The molecular weight excluding hydrogens is 306 g/mol. The standard InChI is InChI=1S/C19H23NO4/c1-13-4-6-16(10-14(13)2)24-9-8-20-19(22)12-15-5-7-17(21)18(11-15)23-3/h4-7,10-11,21H,8-9,12H2,1-3H3,(H,20,22). The van der Waals surface area contributed by atoms with Gasteiger partial charge in [0.2, 0.25) is 5.91 Å². The molecule has 2 aromatic carbocycles. The van der Waals surface area contributed by atoms with Crippen molar-refractivity contribution >= 4 is 5.91 Å². The predicted molar refractivity (Wildman–Crippen MR) is 92.8 cm³/mol. The molecule has 0 aliphatic rings. The molecule has 0 spiro atoms. The Morgan fingerprint density at radius 2 is 1.92 bits per heavy atom. The van der Waals surface area contributed by atoms with E-state index in [0.717, 1.165) is 11.3 Å². The van der Waals surface area contributed by atoms with Gasteiger partial charge in [-0.15, -0.1) is 0 Å². The highest BCUT2D eigenvalue weighted by atomic mass is 16.5. The van der Waals surface area contributed by atoms with Crippen LogP contribution in [0.1, 0.15) is 16.7 Å². The van der Waals surface area contributed by atoms with E-state index in [9.17, 15) is 9.90 Å². The quantitative estimate of drug-likeness (QED) is 0.767. The van der Waals surface area contributed by atoms with Crippen molar-refractivity contribution in [1.82, 2.24) is 5.32 Å². The van der Waals surface area contributed by atoms with E-state index in [1.807, 2.05) is 25.1 Å². The number of phenols is 1. The topological polar surface area (TPSA) is 67.8 Å². The molecule has 2 aromatic rings. The number of rotatable bonds is 7. The van der Waals surface area contributed by atoms with Crippen LogP contribution in [0.25, 0.3) is 0 Å². The smallest absolute Gasteiger partial charge is 0.224 e. The van der Waals surface area contributed by atoms with Gasteiger partial charge in [-0.2, -0.15) is 0 Å². The van der Waals surface area contributed by atoms with Crippen molar-refractivity contribution in [3.05, 3.63) is 53.1 Å². The second-order valence-corrected chi connectivity index (χ2v) is 5.63. The summed E-state index contributed by atoms with van der Waals surface area (Å²) < 4.78 is 10.7. The lowest BCUT2D eigenvalue weighted by atomic mass is 10.1. The van der Waals surface area contributed by atoms with Gasteiger partial charge >= 0.3 is 0 Å². The Bertz CT molecular complexity index is 713. The number of hydrogen-bond donors (Lipinski definition) is 2. The van der Waals surface area contributed by atoms with Gasteiger partial charge < -0.3 is 19.9 Å². The summed E-state index contributed by atoms with van der Waals surface area (Å²) in [6, 6.07) is 10.8. The van der Waals surface area contributed by atoms with Gasteiger partial charge in [0.25, 0.3) is 0 Å². The number of aromatic hydroxyl groups is 1. The summed E-state index contributed by atoms with van der Waals surface area (Å²) in [5, 5.41) is 12.4. The Labute approximate surface area is 142 Å². The minimum absolute atomic E-state index is 0.0587. The SMILES string of the molecule is COc1cc(CC(=O)NCCOc2ccc(C)c(C)c2)ccc1O. The first-order valence-corrected chi connectivity index (χ1v) is 7.82. The fraction of sp³-hybridized carbons (Fsp3) is 0.316. The molecule has 2 rings (SSSR count). The van der Waals surface area contributed by atoms with E-state index in [-0.39, 0.29) is 18.1 Å². The number of nitrogens with one attached hydrogen (secondary N) is 1. The van der Waals surface area contributed by atoms with Crippen LogP contribution in [-0.2, 0) is 11.2 Å². The van der Waals surface area contributed by atoms with Crippen LogP contribution in [0.5, 0.6) is 17.2 Å². The van der Waals surface area contributed by atoms with Gasteiger partial charge in [0.15, 0.2) is 11.5 Å². The molecule has 128 valence electrons. The molecule has 0 saturated carbocycles. The lowest BCUT2D eigenvalue weighted by Crippen LogP contribution is -2.29. The van der Waals surface area contributed by atoms with Gasteiger partial charge in [0.1, 0.15) is 12.4 Å². The number of aryl methyl sites for hydroxylation is 2. The molecule has 0 saturated heterocycles. The Morgan fingerprint density at radius 3 is 2.62 bits per heavy atom. The third-order valence-electron chi connectivity index (χ3n) is 3.78. The first-order chi connectivity index (χ1) is 11.5. The zero-order valence-corrected chi connectivity index (χ0v) is 14.3. The second kappa shape index (κ2) is 8.24. The number of hydrogen-bond acceptors (Lipinski definition) is 4. The lowest BCUT2D eigenvalue weighted by molar-refractivity contribution is -0.120. The summed E-state index contributed by atoms with van der Waals surface area (Å²) in [6.45, 7) is 4.93. The molecule has 0 aromatic heterocycles. The summed E-state index contributed by atoms with van der Waals surface area (Å²) in [5.41, 5.74) is 3.18. The molecule has 0 unspecified atom stereocenters. The Kier molecular flexibility index (Phi) is 6.07. The van der Waals surface area contributed by atoms with Crippen molar-refractivity contribution in [2.24, 2.45) is 0 Å². The molecular formula is C19H23NO4. The van der Waals surface area contributed by atoms with Crippen molar-refractivity contribution in [3.8, 4) is 17.2 Å². The fourth-order valence-corrected chi connectivity index (χ4v) is 2.24. The van der Waals surface area contributed by atoms with Crippen molar-refractivity contribution in [1.29, 1.82) is 0 Å². The minimum atomic E-state index is -0.105. The maximum Gasteiger partial charge on any atom is 0.224 e. The number of methoxy groups -OCH3 is 1. The molecule has 5 nitrogen and oxygen atoms in total. The molecule has 5 heteroatoms. The van der Waals surface area contributed by atoms with Crippen LogP contribution in [0.4, 0.5) is 0 Å². The lowest BCUT2D eigenvalue weighted by Gasteiger charge is -2.10. The van der Waals surface area contributed by atoms with Crippen LogP contribution < -0.4 is 14.8 Å². The van der Waals surface area contributed by atoms with E-state index < -0.39 is 0 Å². The largest absolute Gasteiger partial charge is 0.504 e. The predicted octanol–water partition coefficient (Wildman–Crippen LogP) is 2.76. The van der Waals surface area contributed by atoms with Crippen molar-refractivity contribution in [2.75, 3.05) is 20.3 Å². The summed E-state index contributed by atoms with van der Waals surface area (Å²) in [6.07, 6.45) is 0.222. The summed E-state index contributed by atoms with van der Waals surface area (Å²) in [4.78, 5) is 11.9. The van der Waals surface area contributed by atoms with E-state index in [1.165, 1.54) is 24.3 Å². The van der Waals surface area contributed by atoms with Crippen molar-refractivity contribution in [3.63, 3.8) is 0 Å². The van der Waals surface area contributed by atoms with Gasteiger partial charge in [-0.25, -0.2) is 0 Å². The minimum Gasteiger partial charge on any atom is -0.504 e. The summed E-state index contributed by atoms with van der Waals surface area (Å²) in [5.74, 6) is 1.11. The summed E-state index contributed by atoms with van der Waals surface area (Å²) >= 11 is 0. The average Bonchev–Trinajstić information content (AvgIpc) is 2.56. The summed E-state index contributed by atoms with van der Waals surface area (Å²) in [7, 11) is 1.48. The molecule has 0 fully saturated rings. The van der Waals surface area contributed by atoms with E-state index in [1.54, 1.807) is 12.1 Å². The van der Waals surface area contributed by atoms with Gasteiger partial charge in [0.05, 0.1) is 20.1 Å². The van der Waals surface area contributed by atoms with Crippen LogP contribution in [0.2, 0.25) is 0 Å². The molecule has 0 radical (unpaired) electrons. The molecule has 1 amide bonds. The molecule has 24 heavy (non-hydrogen) atoms. The number of amides is 1. The molecule has 0 heterocycles. The highest BCUT2D eigenvalue weighted by molar-refractivity contribution is 5.78. The maximum absolute atomic E-state index is 11.9. The Balaban J connectivity index is 1.76. The number of carbonyl (C=O) groups is 1. The molecule has 0 aliphatic carbocycles. The van der Waals surface area contributed by atoms with Crippen molar-refractivity contribution in [2.45, 2.75) is 20.3 Å². The highest BCUT2D eigenvalue weighted by Crippen LogP contribution is 2.26. The van der Waals surface area contributed by atoms with Crippen LogP contribution >= 0.6 is 0 Å². The first-order valence-electron chi connectivity index (χ1n) is 7.82. The van der Waals surface area contributed by atoms with E-state index in [2.05, 4.69) is 12.2 Å². The van der Waals surface area contributed by atoms with Crippen LogP contribution in [0.3, 0.4) is 0 Å². The molecule has 0 aliphatic heterocycles. The molecule has 0 atom stereocenters. The van der Waals surface area contributed by atoms with E-state index >= 15 is 0 Å². The Morgan fingerprint density at radius 1 is 1.12 bits per heavy atom. The molecule has 0 bridgehead atoms. The first kappa shape index (κ1) is 17.7. The number of ether oxygens (including phenoxy) is 2. The van der Waals surface area contributed by atoms with Crippen LogP contribution in [0.15, 0.2) is 36.4 Å². The third kappa shape index (κ3) is 4.91. The normalized spacial score (nSPS) is 10.3. The molecule has 2 N–H and O–H groups in total. The van der Waals surface area contributed by atoms with Gasteiger partial charge in [-0.3, -0.25) is 4.79 Å². The zero-order valence-electron chi connectivity index (χ0n) is 14.3. The number of benzene rings is 2. The van der Waals surface area contributed by atoms with Gasteiger partial charge in [-0.1, -0.05) is 12.1 Å². The van der Waals surface area contributed by atoms with E-state index in [0.29, 0.717) is 18.9 Å². The monoisotopic (exact) mass is 329 g/mol. The average molecular weight is 329 g/mol.